The minimum Gasteiger partial charge on any atom is -0.291 e. The number of imidazole rings is 1. The van der Waals surface area contributed by atoms with Gasteiger partial charge in [0, 0.05) is 32.2 Å². The molecule has 212 valence electrons. The third-order valence-corrected chi connectivity index (χ3v) is 9.38. The van der Waals surface area contributed by atoms with Crippen LogP contribution in [0.3, 0.4) is 0 Å². The lowest BCUT2D eigenvalue weighted by atomic mass is 9.82. The summed E-state index contributed by atoms with van der Waals surface area (Å²) in [6.45, 7) is 11.4. The van der Waals surface area contributed by atoms with Crippen LogP contribution in [0.2, 0.25) is 0 Å². The SMILES string of the molecule is CC(C)c1ccc2c(-c3nc4ccccc4n3-c3c(-c4ccccc4)cc(C(C)(C)C)cc3-c3ccccc3)csc2c1. The molecule has 0 atom stereocenters. The molecule has 0 saturated heterocycles. The molecule has 0 aliphatic rings. The van der Waals surface area contributed by atoms with E-state index in [9.17, 15) is 0 Å². The van der Waals surface area contributed by atoms with Crippen LogP contribution in [0.15, 0.2) is 121 Å². The summed E-state index contributed by atoms with van der Waals surface area (Å²) in [6.07, 6.45) is 0. The maximum atomic E-state index is 5.35. The summed E-state index contributed by atoms with van der Waals surface area (Å²) < 4.78 is 3.72. The van der Waals surface area contributed by atoms with E-state index in [-0.39, 0.29) is 5.41 Å². The second kappa shape index (κ2) is 10.7. The molecule has 2 aromatic heterocycles. The van der Waals surface area contributed by atoms with Crippen molar-refractivity contribution in [2.45, 2.75) is 46.0 Å². The maximum Gasteiger partial charge on any atom is 0.147 e. The van der Waals surface area contributed by atoms with Crippen molar-refractivity contribution in [1.29, 1.82) is 0 Å². The Morgan fingerprint density at radius 3 is 1.88 bits per heavy atom. The highest BCUT2D eigenvalue weighted by molar-refractivity contribution is 7.17. The van der Waals surface area contributed by atoms with Crippen LogP contribution < -0.4 is 0 Å². The van der Waals surface area contributed by atoms with Crippen LogP contribution >= 0.6 is 11.3 Å². The summed E-state index contributed by atoms with van der Waals surface area (Å²) in [6, 6.07) is 41.9. The zero-order chi connectivity index (χ0) is 29.7. The Balaban J connectivity index is 1.63. The summed E-state index contributed by atoms with van der Waals surface area (Å²) in [4.78, 5) is 5.35. The number of fused-ring (bicyclic) bond motifs is 2. The van der Waals surface area contributed by atoms with Crippen LogP contribution in [0.25, 0.3) is 60.4 Å². The van der Waals surface area contributed by atoms with Crippen LogP contribution in [0.4, 0.5) is 0 Å². The lowest BCUT2D eigenvalue weighted by Crippen LogP contribution is -2.13. The molecule has 43 heavy (non-hydrogen) atoms. The number of rotatable bonds is 5. The molecule has 0 aliphatic carbocycles. The highest BCUT2D eigenvalue weighted by atomic mass is 32.1. The predicted molar refractivity (Wildman–Crippen MR) is 186 cm³/mol. The van der Waals surface area contributed by atoms with E-state index < -0.39 is 0 Å². The first kappa shape index (κ1) is 27.4. The Bertz CT molecular complexity index is 2010. The number of hydrogen-bond donors (Lipinski definition) is 0. The average molecular weight is 577 g/mol. The van der Waals surface area contributed by atoms with E-state index in [1.807, 2.05) is 11.3 Å². The molecule has 7 aromatic rings. The first-order valence-electron chi connectivity index (χ1n) is 15.1. The van der Waals surface area contributed by atoms with Gasteiger partial charge in [0.1, 0.15) is 5.82 Å². The van der Waals surface area contributed by atoms with Gasteiger partial charge < -0.3 is 0 Å². The number of thiophene rings is 1. The van der Waals surface area contributed by atoms with Crippen LogP contribution in [-0.2, 0) is 5.41 Å². The monoisotopic (exact) mass is 576 g/mol. The number of benzene rings is 5. The Morgan fingerprint density at radius 1 is 0.674 bits per heavy atom. The Labute approximate surface area is 258 Å². The highest BCUT2D eigenvalue weighted by Crippen LogP contribution is 2.44. The van der Waals surface area contributed by atoms with Crippen molar-refractivity contribution in [3.8, 4) is 39.3 Å². The van der Waals surface area contributed by atoms with Crippen molar-refractivity contribution < 1.29 is 0 Å². The van der Waals surface area contributed by atoms with Gasteiger partial charge in [-0.15, -0.1) is 11.3 Å². The van der Waals surface area contributed by atoms with E-state index in [0.29, 0.717) is 5.92 Å². The third-order valence-electron chi connectivity index (χ3n) is 8.44. The van der Waals surface area contributed by atoms with Crippen LogP contribution in [-0.4, -0.2) is 9.55 Å². The van der Waals surface area contributed by atoms with Gasteiger partial charge in [0.15, 0.2) is 0 Å². The molecule has 0 bridgehead atoms. The fourth-order valence-electron chi connectivity index (χ4n) is 5.99. The molecule has 2 heterocycles. The van der Waals surface area contributed by atoms with Gasteiger partial charge in [-0.3, -0.25) is 4.57 Å². The molecule has 3 heteroatoms. The zero-order valence-electron chi connectivity index (χ0n) is 25.4. The summed E-state index contributed by atoms with van der Waals surface area (Å²) in [5, 5.41) is 3.54. The Kier molecular flexibility index (Phi) is 6.79. The summed E-state index contributed by atoms with van der Waals surface area (Å²) in [7, 11) is 0. The van der Waals surface area contributed by atoms with Crippen LogP contribution in [0.1, 0.15) is 51.7 Å². The minimum atomic E-state index is -0.0247. The van der Waals surface area contributed by atoms with Crippen molar-refractivity contribution in [1.82, 2.24) is 9.55 Å². The molecular weight excluding hydrogens is 541 g/mol. The van der Waals surface area contributed by atoms with Gasteiger partial charge in [0.05, 0.1) is 16.7 Å². The summed E-state index contributed by atoms with van der Waals surface area (Å²) in [5.74, 6) is 1.46. The number of hydrogen-bond acceptors (Lipinski definition) is 2. The van der Waals surface area contributed by atoms with Crippen molar-refractivity contribution >= 4 is 32.5 Å². The van der Waals surface area contributed by atoms with Crippen molar-refractivity contribution in [3.63, 3.8) is 0 Å². The normalized spacial score (nSPS) is 12.0. The molecule has 7 rings (SSSR count). The fourth-order valence-corrected chi connectivity index (χ4v) is 6.98. The number of para-hydroxylation sites is 2. The molecule has 0 aliphatic heterocycles. The average Bonchev–Trinajstić information content (AvgIpc) is 3.61. The van der Waals surface area contributed by atoms with Gasteiger partial charge in [-0.2, -0.15) is 0 Å². The van der Waals surface area contributed by atoms with Crippen molar-refractivity contribution in [2.75, 3.05) is 0 Å². The lowest BCUT2D eigenvalue weighted by molar-refractivity contribution is 0.590. The summed E-state index contributed by atoms with van der Waals surface area (Å²) in [5.41, 5.74) is 11.9. The third kappa shape index (κ3) is 4.88. The predicted octanol–water partition coefficient (Wildman–Crippen LogP) is 11.7. The van der Waals surface area contributed by atoms with Gasteiger partial charge in [-0.05, 0) is 63.9 Å². The summed E-state index contributed by atoms with van der Waals surface area (Å²) >= 11 is 1.81. The van der Waals surface area contributed by atoms with Gasteiger partial charge in [0.25, 0.3) is 0 Å². The molecule has 2 nitrogen and oxygen atoms in total. The van der Waals surface area contributed by atoms with Crippen LogP contribution in [0.5, 0.6) is 0 Å². The van der Waals surface area contributed by atoms with E-state index in [0.717, 1.165) is 22.5 Å². The smallest absolute Gasteiger partial charge is 0.147 e. The quantitative estimate of drug-likeness (QED) is 0.199. The van der Waals surface area contributed by atoms with Gasteiger partial charge >= 0.3 is 0 Å². The minimum absolute atomic E-state index is 0.0247. The Morgan fingerprint density at radius 2 is 1.28 bits per heavy atom. The largest absolute Gasteiger partial charge is 0.291 e. The van der Waals surface area contributed by atoms with Crippen molar-refractivity contribution in [3.05, 3.63) is 132 Å². The molecule has 0 fully saturated rings. The molecule has 5 aromatic carbocycles. The Hall–Kier alpha value is -4.47. The number of aromatic nitrogens is 2. The van der Waals surface area contributed by atoms with E-state index in [4.69, 9.17) is 4.98 Å². The van der Waals surface area contributed by atoms with Gasteiger partial charge in [0.2, 0.25) is 0 Å². The number of nitrogens with zero attached hydrogens (tertiary/aromatic N) is 2. The first-order chi connectivity index (χ1) is 20.8. The zero-order valence-corrected chi connectivity index (χ0v) is 26.2. The van der Waals surface area contributed by atoms with E-state index in [1.165, 1.54) is 49.0 Å². The van der Waals surface area contributed by atoms with Crippen LogP contribution in [0, 0.1) is 0 Å². The molecule has 0 N–H and O–H groups in total. The van der Waals surface area contributed by atoms with Gasteiger partial charge in [-0.25, -0.2) is 4.98 Å². The fraction of sp³-hybridized carbons (Fsp3) is 0.175. The van der Waals surface area contributed by atoms with Gasteiger partial charge in [-0.1, -0.05) is 120 Å². The molecule has 0 spiro atoms. The molecule has 0 amide bonds. The second-order valence-corrected chi connectivity index (χ2v) is 13.6. The molecule has 0 radical (unpaired) electrons. The maximum absolute atomic E-state index is 5.35. The van der Waals surface area contributed by atoms with E-state index in [2.05, 4.69) is 160 Å². The molecule has 0 unspecified atom stereocenters. The molecular formula is C40H36N2S. The standard InChI is InChI=1S/C40H36N2S/c1-26(2)29-20-21-31-34(25-43-37(31)22-29)39-41-35-18-12-13-19-36(35)42(39)38-32(27-14-8-6-9-15-27)23-30(40(3,4)5)24-33(38)28-16-10-7-11-17-28/h6-26H,1-5H3. The second-order valence-electron chi connectivity index (χ2n) is 12.7. The lowest BCUT2D eigenvalue weighted by Gasteiger charge is -2.26. The van der Waals surface area contributed by atoms with Crippen molar-refractivity contribution in [2.24, 2.45) is 0 Å². The van der Waals surface area contributed by atoms with E-state index >= 15 is 0 Å². The topological polar surface area (TPSA) is 17.8 Å². The highest BCUT2D eigenvalue weighted by Gasteiger charge is 2.26. The first-order valence-corrected chi connectivity index (χ1v) is 16.0. The van der Waals surface area contributed by atoms with E-state index in [1.54, 1.807) is 0 Å². The molecule has 0 saturated carbocycles.